The molecule has 0 bridgehead atoms. The van der Waals surface area contributed by atoms with Crippen molar-refractivity contribution in [3.8, 4) is 0 Å². The van der Waals surface area contributed by atoms with Crippen LogP contribution in [0.15, 0.2) is 53.5 Å². The van der Waals surface area contributed by atoms with Crippen LogP contribution in [-0.2, 0) is 16.0 Å². The molecule has 24 heavy (non-hydrogen) atoms. The Bertz CT molecular complexity index is 817. The Labute approximate surface area is 139 Å². The summed E-state index contributed by atoms with van der Waals surface area (Å²) in [5.41, 5.74) is -0.515. The molecule has 0 radical (unpaired) electrons. The van der Waals surface area contributed by atoms with Crippen LogP contribution in [0, 0.1) is 17.6 Å². The van der Waals surface area contributed by atoms with Gasteiger partial charge in [-0.15, -0.1) is 0 Å². The lowest BCUT2D eigenvalue weighted by molar-refractivity contribution is -0.134. The Hall–Kier alpha value is -2.56. The first-order chi connectivity index (χ1) is 11.4. The second kappa shape index (κ2) is 6.15. The minimum atomic E-state index is -1.29. The predicted molar refractivity (Wildman–Crippen MR) is 86.7 cm³/mol. The lowest BCUT2D eigenvalue weighted by Gasteiger charge is -2.30. The SMILES string of the molecule is CC(C)[C@@]1(Cc2ccccc2F)OC(c2cccc(F)c2)=NC1=O. The molecule has 3 rings (SSSR count). The summed E-state index contributed by atoms with van der Waals surface area (Å²) in [6, 6.07) is 12.0. The molecule has 0 unspecified atom stereocenters. The molecule has 1 heterocycles. The maximum absolute atomic E-state index is 14.0. The van der Waals surface area contributed by atoms with Gasteiger partial charge in [-0.3, -0.25) is 4.79 Å². The Kier molecular flexibility index (Phi) is 4.18. The quantitative estimate of drug-likeness (QED) is 0.853. The molecule has 0 spiro atoms. The van der Waals surface area contributed by atoms with Crippen LogP contribution < -0.4 is 0 Å². The van der Waals surface area contributed by atoms with Crippen molar-refractivity contribution in [2.24, 2.45) is 10.9 Å². The average Bonchev–Trinajstić information content (AvgIpc) is 2.88. The highest BCUT2D eigenvalue weighted by Crippen LogP contribution is 2.34. The summed E-state index contributed by atoms with van der Waals surface area (Å²) in [5.74, 6) is -1.47. The highest BCUT2D eigenvalue weighted by Gasteiger charge is 2.49. The van der Waals surface area contributed by atoms with E-state index in [1.807, 2.05) is 13.8 Å². The van der Waals surface area contributed by atoms with Crippen LogP contribution >= 0.6 is 0 Å². The number of aliphatic imine (C=N–C) groups is 1. The number of benzene rings is 2. The number of rotatable bonds is 4. The van der Waals surface area contributed by atoms with Crippen LogP contribution in [-0.4, -0.2) is 17.4 Å². The highest BCUT2D eigenvalue weighted by atomic mass is 19.1. The molecule has 1 atom stereocenters. The van der Waals surface area contributed by atoms with Crippen molar-refractivity contribution in [2.75, 3.05) is 0 Å². The van der Waals surface area contributed by atoms with Gasteiger partial charge >= 0.3 is 0 Å². The molecule has 1 amide bonds. The molecular weight excluding hydrogens is 312 g/mol. The second-order valence-corrected chi connectivity index (χ2v) is 6.15. The molecule has 2 aromatic rings. The fraction of sp³-hybridized carbons (Fsp3) is 0.263. The molecule has 0 N–H and O–H groups in total. The normalized spacial score (nSPS) is 20.2. The number of hydrogen-bond acceptors (Lipinski definition) is 2. The van der Waals surface area contributed by atoms with Crippen LogP contribution in [0.4, 0.5) is 8.78 Å². The summed E-state index contributed by atoms with van der Waals surface area (Å²) in [6.07, 6.45) is 0.0679. The zero-order valence-electron chi connectivity index (χ0n) is 13.4. The van der Waals surface area contributed by atoms with Gasteiger partial charge in [-0.1, -0.05) is 38.1 Å². The Morgan fingerprint density at radius 3 is 2.54 bits per heavy atom. The zero-order valence-corrected chi connectivity index (χ0v) is 13.4. The molecule has 0 saturated carbocycles. The van der Waals surface area contributed by atoms with Crippen molar-refractivity contribution in [3.63, 3.8) is 0 Å². The molecule has 3 nitrogen and oxygen atoms in total. The van der Waals surface area contributed by atoms with Crippen LogP contribution in [0.2, 0.25) is 0 Å². The average molecular weight is 329 g/mol. The van der Waals surface area contributed by atoms with E-state index in [2.05, 4.69) is 4.99 Å². The van der Waals surface area contributed by atoms with E-state index in [0.717, 1.165) is 0 Å². The smallest absolute Gasteiger partial charge is 0.293 e. The lowest BCUT2D eigenvalue weighted by Crippen LogP contribution is -2.45. The van der Waals surface area contributed by atoms with E-state index in [9.17, 15) is 13.6 Å². The molecule has 0 aromatic heterocycles. The predicted octanol–water partition coefficient (Wildman–Crippen LogP) is 3.91. The number of carbonyl (C=O) groups excluding carboxylic acids is 1. The molecule has 0 fully saturated rings. The summed E-state index contributed by atoms with van der Waals surface area (Å²) in [4.78, 5) is 16.6. The molecule has 5 heteroatoms. The van der Waals surface area contributed by atoms with E-state index in [0.29, 0.717) is 11.1 Å². The van der Waals surface area contributed by atoms with E-state index < -0.39 is 23.1 Å². The maximum atomic E-state index is 14.0. The van der Waals surface area contributed by atoms with E-state index in [1.54, 1.807) is 24.3 Å². The Balaban J connectivity index is 1.96. The van der Waals surface area contributed by atoms with Gasteiger partial charge < -0.3 is 4.74 Å². The highest BCUT2D eigenvalue weighted by molar-refractivity contribution is 6.09. The monoisotopic (exact) mass is 329 g/mol. The van der Waals surface area contributed by atoms with Gasteiger partial charge in [0.1, 0.15) is 11.6 Å². The van der Waals surface area contributed by atoms with Crippen molar-refractivity contribution in [3.05, 3.63) is 71.3 Å². The molecule has 124 valence electrons. The standard InChI is InChI=1S/C19H17F2NO2/c1-12(2)19(11-14-6-3-4-9-16(14)21)18(23)22-17(24-19)13-7-5-8-15(20)10-13/h3-10,12H,11H2,1-2H3/t19-/m1/s1. The fourth-order valence-corrected chi connectivity index (χ4v) is 2.78. The van der Waals surface area contributed by atoms with Crippen molar-refractivity contribution in [1.82, 2.24) is 0 Å². The summed E-state index contributed by atoms with van der Waals surface area (Å²) >= 11 is 0. The van der Waals surface area contributed by atoms with Gasteiger partial charge in [-0.05, 0) is 29.8 Å². The first-order valence-corrected chi connectivity index (χ1v) is 7.74. The van der Waals surface area contributed by atoms with E-state index in [1.165, 1.54) is 24.3 Å². The molecule has 2 aromatic carbocycles. The van der Waals surface area contributed by atoms with Gasteiger partial charge in [0.2, 0.25) is 5.90 Å². The molecule has 1 aliphatic heterocycles. The van der Waals surface area contributed by atoms with Crippen molar-refractivity contribution < 1.29 is 18.3 Å². The van der Waals surface area contributed by atoms with Crippen LogP contribution in [0.1, 0.15) is 25.0 Å². The minimum Gasteiger partial charge on any atom is -0.460 e. The maximum Gasteiger partial charge on any atom is 0.293 e. The Morgan fingerprint density at radius 1 is 1.12 bits per heavy atom. The van der Waals surface area contributed by atoms with Gasteiger partial charge in [0, 0.05) is 17.9 Å². The lowest BCUT2D eigenvalue weighted by atomic mass is 9.83. The summed E-state index contributed by atoms with van der Waals surface area (Å²) in [7, 11) is 0. The van der Waals surface area contributed by atoms with Gasteiger partial charge in [0.05, 0.1) is 0 Å². The number of halogens is 2. The van der Waals surface area contributed by atoms with Gasteiger partial charge in [-0.25, -0.2) is 8.78 Å². The number of amides is 1. The number of hydrogen-bond donors (Lipinski definition) is 0. The van der Waals surface area contributed by atoms with Crippen LogP contribution in [0.3, 0.4) is 0 Å². The van der Waals surface area contributed by atoms with Gasteiger partial charge in [0.25, 0.3) is 5.91 Å². The zero-order chi connectivity index (χ0) is 17.3. The summed E-state index contributed by atoms with van der Waals surface area (Å²) in [5, 5.41) is 0. The third-order valence-electron chi connectivity index (χ3n) is 4.26. The Morgan fingerprint density at radius 2 is 1.88 bits per heavy atom. The third kappa shape index (κ3) is 2.82. The van der Waals surface area contributed by atoms with E-state index >= 15 is 0 Å². The number of ether oxygens (including phenoxy) is 1. The third-order valence-corrected chi connectivity index (χ3v) is 4.26. The first kappa shape index (κ1) is 16.3. The largest absolute Gasteiger partial charge is 0.460 e. The van der Waals surface area contributed by atoms with E-state index in [-0.39, 0.29) is 18.2 Å². The number of nitrogens with zero attached hydrogens (tertiary/aromatic N) is 1. The van der Waals surface area contributed by atoms with Gasteiger partial charge in [-0.2, -0.15) is 4.99 Å². The summed E-state index contributed by atoms with van der Waals surface area (Å²) < 4.78 is 33.3. The van der Waals surface area contributed by atoms with Crippen LogP contribution in [0.5, 0.6) is 0 Å². The molecular formula is C19H17F2NO2. The van der Waals surface area contributed by atoms with Crippen LogP contribution in [0.25, 0.3) is 0 Å². The summed E-state index contributed by atoms with van der Waals surface area (Å²) in [6.45, 7) is 3.64. The molecule has 0 saturated heterocycles. The first-order valence-electron chi connectivity index (χ1n) is 7.74. The van der Waals surface area contributed by atoms with Crippen molar-refractivity contribution in [2.45, 2.75) is 25.9 Å². The van der Waals surface area contributed by atoms with Crippen molar-refractivity contribution >= 4 is 11.8 Å². The topological polar surface area (TPSA) is 38.7 Å². The fourth-order valence-electron chi connectivity index (χ4n) is 2.78. The minimum absolute atomic E-state index is 0.0679. The van der Waals surface area contributed by atoms with Crippen molar-refractivity contribution in [1.29, 1.82) is 0 Å². The van der Waals surface area contributed by atoms with E-state index in [4.69, 9.17) is 4.74 Å². The van der Waals surface area contributed by atoms with Gasteiger partial charge in [0.15, 0.2) is 5.60 Å². The molecule has 1 aliphatic rings. The number of carbonyl (C=O) groups is 1. The molecule has 0 aliphatic carbocycles. The second-order valence-electron chi connectivity index (χ2n) is 6.15.